The Morgan fingerprint density at radius 1 is 0.939 bits per heavy atom. The minimum Gasteiger partial charge on any atom is -0.373 e. The van der Waals surface area contributed by atoms with Crippen molar-refractivity contribution in [2.75, 3.05) is 51.2 Å². The minimum atomic E-state index is -4.34. The molecule has 0 aliphatic carbocycles. The molecule has 2 saturated heterocycles. The number of hydrogen-bond donors (Lipinski definition) is 0. The van der Waals surface area contributed by atoms with E-state index < -0.39 is 11.7 Å². The normalized spacial score (nSPS) is 18.7. The van der Waals surface area contributed by atoms with E-state index in [4.69, 9.17) is 11.6 Å². The predicted molar refractivity (Wildman–Crippen MR) is 129 cm³/mol. The van der Waals surface area contributed by atoms with Gasteiger partial charge in [0.05, 0.1) is 5.56 Å². The molecule has 0 bridgehead atoms. The van der Waals surface area contributed by atoms with E-state index in [9.17, 15) is 13.2 Å². The zero-order valence-electron chi connectivity index (χ0n) is 19.3. The van der Waals surface area contributed by atoms with Crippen LogP contribution in [0.15, 0.2) is 42.5 Å². The Bertz CT molecular complexity index is 902. The van der Waals surface area contributed by atoms with Gasteiger partial charge in [0.1, 0.15) is 0 Å². The van der Waals surface area contributed by atoms with Crippen molar-refractivity contribution in [3.63, 3.8) is 0 Å². The van der Waals surface area contributed by atoms with Gasteiger partial charge in [-0.25, -0.2) is 0 Å². The molecule has 0 aromatic heterocycles. The lowest BCUT2D eigenvalue weighted by Crippen LogP contribution is -2.33. The van der Waals surface area contributed by atoms with Gasteiger partial charge in [-0.2, -0.15) is 13.2 Å². The highest BCUT2D eigenvalue weighted by Crippen LogP contribution is 2.36. The number of alkyl halides is 3. The maximum absolute atomic E-state index is 13.8. The largest absolute Gasteiger partial charge is 0.416 e. The van der Waals surface area contributed by atoms with Gasteiger partial charge < -0.3 is 9.80 Å². The van der Waals surface area contributed by atoms with Gasteiger partial charge in [-0.1, -0.05) is 23.7 Å². The van der Waals surface area contributed by atoms with Crippen LogP contribution < -0.4 is 4.90 Å². The van der Waals surface area contributed by atoms with Crippen LogP contribution in [0.5, 0.6) is 0 Å². The van der Waals surface area contributed by atoms with Crippen molar-refractivity contribution in [3.8, 4) is 0 Å². The first-order chi connectivity index (χ1) is 15.8. The van der Waals surface area contributed by atoms with Crippen LogP contribution in [-0.2, 0) is 12.7 Å². The molecular weight excluding hydrogens is 447 g/mol. The molecular formula is C26H33ClF3N3. The second-order valence-electron chi connectivity index (χ2n) is 9.41. The van der Waals surface area contributed by atoms with Crippen LogP contribution in [-0.4, -0.2) is 56.1 Å². The van der Waals surface area contributed by atoms with Crippen molar-refractivity contribution in [3.05, 3.63) is 64.2 Å². The van der Waals surface area contributed by atoms with E-state index in [1.807, 2.05) is 19.2 Å². The number of anilines is 1. The van der Waals surface area contributed by atoms with Gasteiger partial charge in [0.2, 0.25) is 0 Å². The summed E-state index contributed by atoms with van der Waals surface area (Å²) in [5, 5.41) is 0.723. The van der Waals surface area contributed by atoms with Crippen LogP contribution >= 0.6 is 11.6 Å². The van der Waals surface area contributed by atoms with E-state index in [0.717, 1.165) is 62.8 Å². The van der Waals surface area contributed by atoms with E-state index in [-0.39, 0.29) is 0 Å². The fourth-order valence-electron chi connectivity index (χ4n) is 5.05. The monoisotopic (exact) mass is 479 g/mol. The van der Waals surface area contributed by atoms with E-state index in [2.05, 4.69) is 26.8 Å². The number of hydrogen-bond acceptors (Lipinski definition) is 3. The first kappa shape index (κ1) is 24.4. The lowest BCUT2D eigenvalue weighted by atomic mass is 9.89. The Kier molecular flexibility index (Phi) is 7.87. The van der Waals surface area contributed by atoms with Gasteiger partial charge in [-0.15, -0.1) is 0 Å². The summed E-state index contributed by atoms with van der Waals surface area (Å²) < 4.78 is 41.3. The summed E-state index contributed by atoms with van der Waals surface area (Å²) in [5.41, 5.74) is 1.97. The van der Waals surface area contributed by atoms with Crippen molar-refractivity contribution >= 4 is 17.3 Å². The highest BCUT2D eigenvalue weighted by molar-refractivity contribution is 6.30. The fraction of sp³-hybridized carbons (Fsp3) is 0.538. The molecule has 0 unspecified atom stereocenters. The average molecular weight is 480 g/mol. The molecule has 0 amide bonds. The summed E-state index contributed by atoms with van der Waals surface area (Å²) in [6.45, 7) is 5.92. The van der Waals surface area contributed by atoms with Crippen LogP contribution in [0.2, 0.25) is 5.02 Å². The lowest BCUT2D eigenvalue weighted by Gasteiger charge is -2.33. The summed E-state index contributed by atoms with van der Waals surface area (Å²) >= 11 is 6.00. The zero-order valence-corrected chi connectivity index (χ0v) is 20.0. The van der Waals surface area contributed by atoms with Crippen molar-refractivity contribution in [2.45, 2.75) is 44.3 Å². The molecule has 0 atom stereocenters. The van der Waals surface area contributed by atoms with Gasteiger partial charge in [0.15, 0.2) is 0 Å². The predicted octanol–water partition coefficient (Wildman–Crippen LogP) is 6.27. The Balaban J connectivity index is 1.41. The molecule has 2 aliphatic heterocycles. The third kappa shape index (κ3) is 6.43. The van der Waals surface area contributed by atoms with Crippen LogP contribution in [0.4, 0.5) is 18.9 Å². The van der Waals surface area contributed by atoms with Gasteiger partial charge in [0, 0.05) is 37.4 Å². The molecule has 2 heterocycles. The van der Waals surface area contributed by atoms with Gasteiger partial charge in [0.25, 0.3) is 0 Å². The third-order valence-electron chi connectivity index (χ3n) is 7.11. The van der Waals surface area contributed by atoms with Gasteiger partial charge in [-0.05, 0) is 99.2 Å². The summed E-state index contributed by atoms with van der Waals surface area (Å²) in [6.07, 6.45) is 0.0200. The SMILES string of the molecule is CN(CCN1CCCC1)c1ccc(C(F)(F)F)c(CN2CCC(c3ccc(Cl)cc3)CC2)c1. The molecule has 4 rings (SSSR count). The van der Waals surface area contributed by atoms with Crippen LogP contribution in [0.3, 0.4) is 0 Å². The van der Waals surface area contributed by atoms with E-state index in [1.165, 1.54) is 24.5 Å². The molecule has 3 nitrogen and oxygen atoms in total. The van der Waals surface area contributed by atoms with Gasteiger partial charge in [-0.3, -0.25) is 4.90 Å². The molecule has 0 N–H and O–H groups in total. The highest BCUT2D eigenvalue weighted by atomic mass is 35.5. The van der Waals surface area contributed by atoms with Crippen LogP contribution in [0.1, 0.15) is 48.3 Å². The van der Waals surface area contributed by atoms with Crippen LogP contribution in [0.25, 0.3) is 0 Å². The molecule has 2 aromatic carbocycles. The summed E-state index contributed by atoms with van der Waals surface area (Å²) in [4.78, 5) is 6.66. The molecule has 2 aliphatic rings. The van der Waals surface area contributed by atoms with Crippen molar-refractivity contribution in [1.29, 1.82) is 0 Å². The summed E-state index contributed by atoms with van der Waals surface area (Å²) in [7, 11) is 1.97. The number of piperidine rings is 1. The number of likely N-dealkylation sites (N-methyl/N-ethyl adjacent to an activating group) is 1. The standard InChI is InChI=1S/C26H33ClF3N3/c1-31(16-17-32-12-2-3-13-32)24-8-9-25(26(28,29)30)22(18-24)19-33-14-10-21(11-15-33)20-4-6-23(27)7-5-20/h4-9,18,21H,2-3,10-17,19H2,1H3. The lowest BCUT2D eigenvalue weighted by molar-refractivity contribution is -0.138. The Hall–Kier alpha value is -1.76. The van der Waals surface area contributed by atoms with E-state index >= 15 is 0 Å². The smallest absolute Gasteiger partial charge is 0.373 e. The number of rotatable bonds is 7. The number of nitrogens with zero attached hydrogens (tertiary/aromatic N) is 3. The molecule has 0 radical (unpaired) electrons. The molecule has 0 spiro atoms. The molecule has 180 valence electrons. The second-order valence-corrected chi connectivity index (χ2v) is 9.85. The minimum absolute atomic E-state index is 0.329. The van der Waals surface area contributed by atoms with Crippen molar-refractivity contribution in [1.82, 2.24) is 9.80 Å². The zero-order chi connectivity index (χ0) is 23.4. The fourth-order valence-corrected chi connectivity index (χ4v) is 5.18. The topological polar surface area (TPSA) is 9.72 Å². The molecule has 33 heavy (non-hydrogen) atoms. The maximum atomic E-state index is 13.8. The highest BCUT2D eigenvalue weighted by Gasteiger charge is 2.34. The Labute approximate surface area is 200 Å². The first-order valence-electron chi connectivity index (χ1n) is 11.9. The third-order valence-corrected chi connectivity index (χ3v) is 7.36. The maximum Gasteiger partial charge on any atom is 0.416 e. The first-order valence-corrected chi connectivity index (χ1v) is 12.3. The quantitative estimate of drug-likeness (QED) is 0.463. The van der Waals surface area contributed by atoms with Crippen LogP contribution in [0, 0.1) is 0 Å². The Morgan fingerprint density at radius 3 is 2.24 bits per heavy atom. The second kappa shape index (κ2) is 10.7. The molecule has 2 fully saturated rings. The molecule has 0 saturated carbocycles. The molecule has 7 heteroatoms. The summed E-state index contributed by atoms with van der Waals surface area (Å²) in [5.74, 6) is 0.434. The van der Waals surface area contributed by atoms with Crippen molar-refractivity contribution in [2.24, 2.45) is 0 Å². The number of benzene rings is 2. The van der Waals surface area contributed by atoms with Crippen molar-refractivity contribution < 1.29 is 13.2 Å². The number of likely N-dealkylation sites (tertiary alicyclic amines) is 2. The van der Waals surface area contributed by atoms with E-state index in [1.54, 1.807) is 12.1 Å². The Morgan fingerprint density at radius 2 is 1.61 bits per heavy atom. The summed E-state index contributed by atoms with van der Waals surface area (Å²) in [6, 6.07) is 12.6. The average Bonchev–Trinajstić information content (AvgIpc) is 3.31. The van der Waals surface area contributed by atoms with E-state index in [0.29, 0.717) is 18.0 Å². The molecule has 2 aromatic rings. The number of halogens is 4. The van der Waals surface area contributed by atoms with Gasteiger partial charge >= 0.3 is 6.18 Å².